The molecule has 2 aromatic carbocycles. The second kappa shape index (κ2) is 6.10. The number of carbonyl (C=O) groups excluding carboxylic acids is 2. The molecule has 1 atom stereocenters. The van der Waals surface area contributed by atoms with E-state index in [0.29, 0.717) is 11.1 Å². The molecule has 0 aromatic heterocycles. The zero-order chi connectivity index (χ0) is 14.5. The van der Waals surface area contributed by atoms with E-state index in [4.69, 9.17) is 4.74 Å². The van der Waals surface area contributed by atoms with Crippen molar-refractivity contribution in [3.05, 3.63) is 71.5 Å². The highest BCUT2D eigenvalue weighted by Crippen LogP contribution is 2.22. The van der Waals surface area contributed by atoms with Crippen molar-refractivity contribution in [3.63, 3.8) is 0 Å². The molecule has 0 bridgehead atoms. The zero-order valence-corrected chi connectivity index (χ0v) is 10.9. The molecule has 0 fully saturated rings. The monoisotopic (exact) mass is 272 g/mol. The smallest absolute Gasteiger partial charge is 0.303 e. The van der Waals surface area contributed by atoms with Crippen LogP contribution in [0.3, 0.4) is 0 Å². The van der Waals surface area contributed by atoms with Gasteiger partial charge in [-0.25, -0.2) is 4.39 Å². The fraction of sp³-hybridized carbons (Fsp3) is 0.125. The van der Waals surface area contributed by atoms with Crippen molar-refractivity contribution in [2.24, 2.45) is 0 Å². The van der Waals surface area contributed by atoms with Crippen LogP contribution in [0.25, 0.3) is 0 Å². The van der Waals surface area contributed by atoms with Crippen LogP contribution in [0.4, 0.5) is 4.39 Å². The first-order valence-corrected chi connectivity index (χ1v) is 6.10. The second-order valence-electron chi connectivity index (χ2n) is 4.27. The van der Waals surface area contributed by atoms with E-state index in [9.17, 15) is 14.0 Å². The molecule has 0 aliphatic heterocycles. The Hall–Kier alpha value is -2.49. The van der Waals surface area contributed by atoms with Crippen LogP contribution in [0.1, 0.15) is 28.9 Å². The van der Waals surface area contributed by atoms with Crippen LogP contribution in [0.5, 0.6) is 0 Å². The van der Waals surface area contributed by atoms with Gasteiger partial charge in [-0.1, -0.05) is 30.3 Å². The predicted molar refractivity (Wildman–Crippen MR) is 71.7 cm³/mol. The first kappa shape index (κ1) is 13.9. The Balaban J connectivity index is 2.34. The van der Waals surface area contributed by atoms with Gasteiger partial charge in [0, 0.05) is 18.1 Å². The van der Waals surface area contributed by atoms with E-state index >= 15 is 0 Å². The number of ketones is 1. The fourth-order valence-electron chi connectivity index (χ4n) is 1.83. The van der Waals surface area contributed by atoms with Gasteiger partial charge in [0.05, 0.1) is 0 Å². The summed E-state index contributed by atoms with van der Waals surface area (Å²) in [6.07, 6.45) is -1.01. The van der Waals surface area contributed by atoms with Crippen molar-refractivity contribution >= 4 is 11.8 Å². The average molecular weight is 272 g/mol. The van der Waals surface area contributed by atoms with E-state index in [1.165, 1.54) is 31.2 Å². The molecule has 0 amide bonds. The Labute approximate surface area is 116 Å². The van der Waals surface area contributed by atoms with Crippen LogP contribution in [-0.4, -0.2) is 11.8 Å². The van der Waals surface area contributed by atoms with Crippen LogP contribution in [0, 0.1) is 5.82 Å². The number of halogens is 1. The van der Waals surface area contributed by atoms with E-state index in [1.807, 2.05) is 0 Å². The number of hydrogen-bond donors (Lipinski definition) is 0. The molecule has 102 valence electrons. The third-order valence-corrected chi connectivity index (χ3v) is 2.75. The molecular weight excluding hydrogens is 259 g/mol. The predicted octanol–water partition coefficient (Wildman–Crippen LogP) is 3.31. The number of benzene rings is 2. The molecule has 0 heterocycles. The fourth-order valence-corrected chi connectivity index (χ4v) is 1.83. The Morgan fingerprint density at radius 3 is 2.15 bits per heavy atom. The summed E-state index contributed by atoms with van der Waals surface area (Å²) in [6.45, 7) is 1.24. The van der Waals surface area contributed by atoms with Gasteiger partial charge in [-0.05, 0) is 24.3 Å². The lowest BCUT2D eigenvalue weighted by Crippen LogP contribution is -2.18. The van der Waals surface area contributed by atoms with E-state index in [0.717, 1.165) is 0 Å². The molecule has 0 N–H and O–H groups in total. The van der Waals surface area contributed by atoms with Gasteiger partial charge in [0.2, 0.25) is 5.78 Å². The van der Waals surface area contributed by atoms with Gasteiger partial charge in [-0.15, -0.1) is 0 Å². The van der Waals surface area contributed by atoms with Crippen LogP contribution >= 0.6 is 0 Å². The molecule has 0 saturated carbocycles. The summed E-state index contributed by atoms with van der Waals surface area (Å²) >= 11 is 0. The van der Waals surface area contributed by atoms with Crippen molar-refractivity contribution in [2.45, 2.75) is 13.0 Å². The van der Waals surface area contributed by atoms with Gasteiger partial charge in [0.15, 0.2) is 6.10 Å². The van der Waals surface area contributed by atoms with E-state index in [2.05, 4.69) is 0 Å². The molecule has 3 nitrogen and oxygen atoms in total. The van der Waals surface area contributed by atoms with E-state index in [-0.39, 0.29) is 5.78 Å². The molecule has 0 saturated heterocycles. The Morgan fingerprint density at radius 1 is 1.00 bits per heavy atom. The van der Waals surface area contributed by atoms with Gasteiger partial charge in [-0.2, -0.15) is 0 Å². The molecule has 2 rings (SSSR count). The lowest BCUT2D eigenvalue weighted by Gasteiger charge is -2.16. The van der Waals surface area contributed by atoms with Crippen LogP contribution < -0.4 is 0 Å². The van der Waals surface area contributed by atoms with Gasteiger partial charge in [0.1, 0.15) is 5.82 Å². The largest absolute Gasteiger partial charge is 0.449 e. The molecule has 0 aliphatic carbocycles. The van der Waals surface area contributed by atoms with Gasteiger partial charge in [-0.3, -0.25) is 9.59 Å². The zero-order valence-electron chi connectivity index (χ0n) is 10.9. The van der Waals surface area contributed by atoms with Gasteiger partial charge < -0.3 is 4.74 Å². The molecular formula is C16H13FO3. The number of hydrogen-bond acceptors (Lipinski definition) is 3. The Morgan fingerprint density at radius 2 is 1.60 bits per heavy atom. The highest BCUT2D eigenvalue weighted by molar-refractivity contribution is 6.00. The molecule has 20 heavy (non-hydrogen) atoms. The number of esters is 1. The minimum Gasteiger partial charge on any atom is -0.449 e. The Bertz CT molecular complexity index is 605. The highest BCUT2D eigenvalue weighted by Gasteiger charge is 2.24. The molecule has 1 unspecified atom stereocenters. The summed E-state index contributed by atoms with van der Waals surface area (Å²) < 4.78 is 18.0. The maximum Gasteiger partial charge on any atom is 0.303 e. The van der Waals surface area contributed by atoms with Crippen molar-refractivity contribution in [3.8, 4) is 0 Å². The summed E-state index contributed by atoms with van der Waals surface area (Å²) in [5.41, 5.74) is 0.874. The maximum atomic E-state index is 12.9. The number of Topliss-reactive ketones (excluding diaryl/α,β-unsaturated/α-hetero) is 1. The number of carbonyl (C=O) groups is 2. The SMILES string of the molecule is CC(=O)OC(C(=O)c1ccc(F)cc1)c1ccccc1. The average Bonchev–Trinajstić information content (AvgIpc) is 2.45. The quantitative estimate of drug-likeness (QED) is 0.633. The molecule has 2 aromatic rings. The van der Waals surface area contributed by atoms with Crippen molar-refractivity contribution < 1.29 is 18.7 Å². The van der Waals surface area contributed by atoms with Crippen molar-refractivity contribution in [1.29, 1.82) is 0 Å². The first-order valence-electron chi connectivity index (χ1n) is 6.10. The standard InChI is InChI=1S/C16H13FO3/c1-11(18)20-16(13-5-3-2-4-6-13)15(19)12-7-9-14(17)10-8-12/h2-10,16H,1H3. The summed E-state index contributed by atoms with van der Waals surface area (Å²) in [7, 11) is 0. The van der Waals surface area contributed by atoms with Crippen LogP contribution in [-0.2, 0) is 9.53 Å². The summed E-state index contributed by atoms with van der Waals surface area (Å²) in [6, 6.07) is 13.9. The summed E-state index contributed by atoms with van der Waals surface area (Å²) in [5.74, 6) is -1.36. The van der Waals surface area contributed by atoms with Crippen LogP contribution in [0.2, 0.25) is 0 Å². The lowest BCUT2D eigenvalue weighted by molar-refractivity contribution is -0.144. The van der Waals surface area contributed by atoms with Crippen molar-refractivity contribution in [1.82, 2.24) is 0 Å². The molecule has 0 aliphatic rings. The summed E-state index contributed by atoms with van der Waals surface area (Å²) in [4.78, 5) is 23.6. The number of rotatable bonds is 4. The summed E-state index contributed by atoms with van der Waals surface area (Å²) in [5, 5.41) is 0. The van der Waals surface area contributed by atoms with Crippen molar-refractivity contribution in [2.75, 3.05) is 0 Å². The van der Waals surface area contributed by atoms with E-state index in [1.54, 1.807) is 30.3 Å². The topological polar surface area (TPSA) is 43.4 Å². The Kier molecular flexibility index (Phi) is 4.25. The normalized spacial score (nSPS) is 11.7. The first-order chi connectivity index (χ1) is 9.58. The third-order valence-electron chi connectivity index (χ3n) is 2.75. The van der Waals surface area contributed by atoms with E-state index < -0.39 is 17.9 Å². The minimum atomic E-state index is -1.01. The second-order valence-corrected chi connectivity index (χ2v) is 4.27. The molecule has 0 radical (unpaired) electrons. The van der Waals surface area contributed by atoms with Gasteiger partial charge >= 0.3 is 5.97 Å². The van der Waals surface area contributed by atoms with Gasteiger partial charge in [0.25, 0.3) is 0 Å². The highest BCUT2D eigenvalue weighted by atomic mass is 19.1. The number of ether oxygens (including phenoxy) is 1. The van der Waals surface area contributed by atoms with Crippen LogP contribution in [0.15, 0.2) is 54.6 Å². The third kappa shape index (κ3) is 3.29. The minimum absolute atomic E-state index is 0.293. The molecule has 4 heteroatoms. The lowest BCUT2D eigenvalue weighted by atomic mass is 10.00. The maximum absolute atomic E-state index is 12.9. The molecule has 0 spiro atoms.